The van der Waals surface area contributed by atoms with Crippen molar-refractivity contribution in [3.63, 3.8) is 0 Å². The summed E-state index contributed by atoms with van der Waals surface area (Å²) in [5.74, 6) is -0.121. The second kappa shape index (κ2) is 12.4. The van der Waals surface area contributed by atoms with Crippen molar-refractivity contribution in [1.82, 2.24) is 15.1 Å². The maximum absolute atomic E-state index is 13.3. The number of nitrogens with one attached hydrogen (secondary N) is 1. The molecule has 1 atom stereocenters. The van der Waals surface area contributed by atoms with Gasteiger partial charge in [0.15, 0.2) is 0 Å². The first-order chi connectivity index (χ1) is 16.4. The van der Waals surface area contributed by atoms with Gasteiger partial charge >= 0.3 is 0 Å². The highest BCUT2D eigenvalue weighted by atomic mass is 16.2. The second-order valence-corrected chi connectivity index (χ2v) is 9.03. The number of aryl methyl sites for hydroxylation is 2. The molecule has 0 bridgehead atoms. The van der Waals surface area contributed by atoms with E-state index in [1.54, 1.807) is 17.0 Å². The first-order valence-corrected chi connectivity index (χ1v) is 12.4. The van der Waals surface area contributed by atoms with E-state index in [0.717, 1.165) is 17.5 Å². The van der Waals surface area contributed by atoms with Crippen LogP contribution in [0.3, 0.4) is 0 Å². The van der Waals surface area contributed by atoms with E-state index >= 15 is 0 Å². The lowest BCUT2D eigenvalue weighted by atomic mass is 9.88. The fraction of sp³-hybridized carbons (Fsp3) is 0.464. The van der Waals surface area contributed by atoms with Gasteiger partial charge in [0.05, 0.1) is 0 Å². The van der Waals surface area contributed by atoms with Crippen molar-refractivity contribution in [3.05, 3.63) is 71.3 Å². The Hall–Kier alpha value is -3.15. The largest absolute Gasteiger partial charge is 0.343 e. The Kier molecular flexibility index (Phi) is 9.25. The van der Waals surface area contributed by atoms with Crippen LogP contribution in [0.4, 0.5) is 0 Å². The van der Waals surface area contributed by atoms with Crippen LogP contribution in [-0.4, -0.2) is 59.7 Å². The summed E-state index contributed by atoms with van der Waals surface area (Å²) in [4.78, 5) is 42.7. The van der Waals surface area contributed by atoms with Crippen LogP contribution in [0.1, 0.15) is 54.6 Å². The Morgan fingerprint density at radius 1 is 0.971 bits per heavy atom. The fourth-order valence-electron chi connectivity index (χ4n) is 4.58. The standard InChI is InChI=1S/C28H37N3O3/c1-4-30(5-2)28(34)26(29-27(33)24-14-11-21(3)12-15-24)23-17-19-31(20-18-23)25(32)16-13-22-9-7-6-8-10-22/h6-12,14-15,23,26H,4-5,13,16-20H2,1-3H3,(H,29,33)/t26-/m1/s1. The van der Waals surface area contributed by atoms with Gasteiger partial charge < -0.3 is 15.1 Å². The van der Waals surface area contributed by atoms with Crippen LogP contribution in [0.5, 0.6) is 0 Å². The summed E-state index contributed by atoms with van der Waals surface area (Å²) < 4.78 is 0. The minimum absolute atomic E-state index is 0.000622. The Balaban J connectivity index is 1.63. The van der Waals surface area contributed by atoms with Gasteiger partial charge in [0, 0.05) is 38.2 Å². The number of piperidine rings is 1. The molecule has 3 amide bonds. The van der Waals surface area contributed by atoms with Crippen LogP contribution in [-0.2, 0) is 16.0 Å². The number of rotatable bonds is 9. The highest BCUT2D eigenvalue weighted by Gasteiger charge is 2.35. The minimum Gasteiger partial charge on any atom is -0.343 e. The Labute approximate surface area is 203 Å². The third-order valence-corrected chi connectivity index (χ3v) is 6.78. The molecule has 6 heteroatoms. The molecule has 2 aromatic rings. The maximum atomic E-state index is 13.3. The maximum Gasteiger partial charge on any atom is 0.251 e. The van der Waals surface area contributed by atoms with Gasteiger partial charge in [-0.1, -0.05) is 48.0 Å². The number of carbonyl (C=O) groups is 3. The molecule has 1 heterocycles. The van der Waals surface area contributed by atoms with Crippen LogP contribution >= 0.6 is 0 Å². The molecule has 0 unspecified atom stereocenters. The second-order valence-electron chi connectivity index (χ2n) is 9.03. The van der Waals surface area contributed by atoms with Crippen molar-refractivity contribution in [1.29, 1.82) is 0 Å². The van der Waals surface area contributed by atoms with Crippen molar-refractivity contribution in [2.45, 2.75) is 52.5 Å². The van der Waals surface area contributed by atoms with E-state index in [9.17, 15) is 14.4 Å². The van der Waals surface area contributed by atoms with Gasteiger partial charge in [0.25, 0.3) is 5.91 Å². The highest BCUT2D eigenvalue weighted by molar-refractivity contribution is 5.97. The van der Waals surface area contributed by atoms with E-state index in [1.807, 2.05) is 68.1 Å². The quantitative estimate of drug-likeness (QED) is 0.614. The molecule has 0 aromatic heterocycles. The molecular formula is C28H37N3O3. The van der Waals surface area contributed by atoms with Gasteiger partial charge in [-0.3, -0.25) is 14.4 Å². The predicted molar refractivity (Wildman–Crippen MR) is 134 cm³/mol. The summed E-state index contributed by atoms with van der Waals surface area (Å²) in [5, 5.41) is 3.03. The van der Waals surface area contributed by atoms with Crippen LogP contribution in [0.15, 0.2) is 54.6 Å². The molecule has 0 saturated carbocycles. The summed E-state index contributed by atoms with van der Waals surface area (Å²) in [5.41, 5.74) is 2.79. The van der Waals surface area contributed by atoms with Crippen molar-refractivity contribution >= 4 is 17.7 Å². The van der Waals surface area contributed by atoms with Gasteiger partial charge in [-0.25, -0.2) is 0 Å². The average molecular weight is 464 g/mol. The third-order valence-electron chi connectivity index (χ3n) is 6.78. The molecule has 0 aliphatic carbocycles. The Morgan fingerprint density at radius 2 is 1.59 bits per heavy atom. The number of hydrogen-bond donors (Lipinski definition) is 1. The van der Waals surface area contributed by atoms with Gasteiger partial charge in [0.2, 0.25) is 11.8 Å². The van der Waals surface area contributed by atoms with Crippen LogP contribution in [0.2, 0.25) is 0 Å². The Bertz CT molecular complexity index is 947. The van der Waals surface area contributed by atoms with E-state index in [4.69, 9.17) is 0 Å². The zero-order valence-electron chi connectivity index (χ0n) is 20.6. The zero-order chi connectivity index (χ0) is 24.5. The minimum atomic E-state index is -0.588. The number of amides is 3. The fourth-order valence-corrected chi connectivity index (χ4v) is 4.58. The molecule has 3 rings (SSSR count). The molecule has 182 valence electrons. The summed E-state index contributed by atoms with van der Waals surface area (Å²) >= 11 is 0. The third kappa shape index (κ3) is 6.69. The van der Waals surface area contributed by atoms with Gasteiger partial charge in [-0.15, -0.1) is 0 Å². The molecule has 0 radical (unpaired) electrons. The molecule has 1 N–H and O–H groups in total. The summed E-state index contributed by atoms with van der Waals surface area (Å²) in [7, 11) is 0. The summed E-state index contributed by atoms with van der Waals surface area (Å²) in [6.45, 7) is 8.30. The summed E-state index contributed by atoms with van der Waals surface area (Å²) in [6, 6.07) is 16.8. The van der Waals surface area contributed by atoms with Gasteiger partial charge in [-0.2, -0.15) is 0 Å². The molecule has 1 saturated heterocycles. The first kappa shape index (κ1) is 25.5. The van der Waals surface area contributed by atoms with E-state index in [2.05, 4.69) is 5.32 Å². The Morgan fingerprint density at radius 3 is 2.18 bits per heavy atom. The molecule has 1 aliphatic rings. The molecule has 2 aromatic carbocycles. The monoisotopic (exact) mass is 463 g/mol. The molecule has 34 heavy (non-hydrogen) atoms. The number of nitrogens with zero attached hydrogens (tertiary/aromatic N) is 2. The van der Waals surface area contributed by atoms with E-state index in [0.29, 0.717) is 51.0 Å². The highest BCUT2D eigenvalue weighted by Crippen LogP contribution is 2.23. The van der Waals surface area contributed by atoms with Gasteiger partial charge in [0.1, 0.15) is 6.04 Å². The van der Waals surface area contributed by atoms with Crippen LogP contribution in [0, 0.1) is 12.8 Å². The first-order valence-electron chi connectivity index (χ1n) is 12.4. The smallest absolute Gasteiger partial charge is 0.251 e. The number of benzene rings is 2. The number of likely N-dealkylation sites (N-methyl/N-ethyl adjacent to an activating group) is 1. The molecular weight excluding hydrogens is 426 g/mol. The topological polar surface area (TPSA) is 69.7 Å². The van der Waals surface area contributed by atoms with Crippen molar-refractivity contribution in [2.24, 2.45) is 5.92 Å². The number of likely N-dealkylation sites (tertiary alicyclic amines) is 1. The van der Waals surface area contributed by atoms with Gasteiger partial charge in [-0.05, 0) is 63.6 Å². The van der Waals surface area contributed by atoms with Crippen molar-refractivity contribution < 1.29 is 14.4 Å². The number of hydrogen-bond acceptors (Lipinski definition) is 3. The lowest BCUT2D eigenvalue weighted by Crippen LogP contribution is -2.54. The predicted octanol–water partition coefficient (Wildman–Crippen LogP) is 3.83. The molecule has 1 aliphatic heterocycles. The molecule has 6 nitrogen and oxygen atoms in total. The summed E-state index contributed by atoms with van der Waals surface area (Å²) in [6.07, 6.45) is 2.61. The van der Waals surface area contributed by atoms with E-state index < -0.39 is 6.04 Å². The zero-order valence-corrected chi connectivity index (χ0v) is 20.6. The lowest BCUT2D eigenvalue weighted by molar-refractivity contribution is -0.136. The molecule has 0 spiro atoms. The van der Waals surface area contributed by atoms with Crippen LogP contribution < -0.4 is 5.32 Å². The van der Waals surface area contributed by atoms with E-state index in [1.165, 1.54) is 0 Å². The van der Waals surface area contributed by atoms with Crippen molar-refractivity contribution in [3.8, 4) is 0 Å². The van der Waals surface area contributed by atoms with E-state index in [-0.39, 0.29) is 23.6 Å². The normalized spacial score (nSPS) is 15.0. The van der Waals surface area contributed by atoms with Crippen LogP contribution in [0.25, 0.3) is 0 Å². The lowest BCUT2D eigenvalue weighted by Gasteiger charge is -2.37. The van der Waals surface area contributed by atoms with Crippen molar-refractivity contribution in [2.75, 3.05) is 26.2 Å². The SMILES string of the molecule is CCN(CC)C(=O)[C@H](NC(=O)c1ccc(C)cc1)C1CCN(C(=O)CCc2ccccc2)CC1. The average Bonchev–Trinajstić information content (AvgIpc) is 2.87. The molecule has 1 fully saturated rings. The number of carbonyl (C=O) groups excluding carboxylic acids is 3.